The van der Waals surface area contributed by atoms with E-state index >= 15 is 0 Å². The Hall–Kier alpha value is -1.72. The predicted octanol–water partition coefficient (Wildman–Crippen LogP) is 2.99. The van der Waals surface area contributed by atoms with Crippen molar-refractivity contribution in [1.29, 1.82) is 0 Å². The van der Waals surface area contributed by atoms with Gasteiger partial charge in [-0.3, -0.25) is 9.69 Å². The number of carbonyl (C=O) groups is 1. The van der Waals surface area contributed by atoms with Crippen LogP contribution in [0.25, 0.3) is 0 Å². The first kappa shape index (κ1) is 17.7. The highest BCUT2D eigenvalue weighted by Crippen LogP contribution is 2.32. The van der Waals surface area contributed by atoms with Gasteiger partial charge >= 0.3 is 0 Å². The quantitative estimate of drug-likeness (QED) is 0.779. The third-order valence-corrected chi connectivity index (χ3v) is 5.97. The van der Waals surface area contributed by atoms with Crippen LogP contribution < -0.4 is 0 Å². The fourth-order valence-electron chi connectivity index (χ4n) is 4.47. The molecule has 2 aliphatic heterocycles. The third kappa shape index (κ3) is 3.84. The number of halogens is 1. The second-order valence-electron chi connectivity index (χ2n) is 7.84. The third-order valence-electron chi connectivity index (χ3n) is 5.97. The molecule has 0 saturated carbocycles. The van der Waals surface area contributed by atoms with E-state index < -0.39 is 0 Å². The molecule has 0 unspecified atom stereocenters. The normalized spacial score (nSPS) is 23.7. The van der Waals surface area contributed by atoms with Crippen LogP contribution in [0.3, 0.4) is 0 Å². The van der Waals surface area contributed by atoms with Gasteiger partial charge in [-0.25, -0.2) is 4.39 Å². The Bertz CT molecular complexity index is 674. The van der Waals surface area contributed by atoms with Crippen molar-refractivity contribution in [2.45, 2.75) is 37.8 Å². The molecule has 0 radical (unpaired) electrons. The van der Waals surface area contributed by atoms with Gasteiger partial charge in [-0.05, 0) is 43.4 Å². The number of piperidine rings is 1. The number of benzene rings is 1. The number of amides is 1. The first-order valence-corrected chi connectivity index (χ1v) is 9.68. The summed E-state index contributed by atoms with van der Waals surface area (Å²) in [4.78, 5) is 17.0. The maximum atomic E-state index is 13.4. The number of carbonyl (C=O) groups excluding carboxylic acids is 1. The Labute approximate surface area is 154 Å². The zero-order chi connectivity index (χ0) is 18.0. The van der Waals surface area contributed by atoms with Crippen molar-refractivity contribution in [3.63, 3.8) is 0 Å². The molecule has 0 N–H and O–H groups in total. The zero-order valence-corrected chi connectivity index (χ0v) is 15.2. The van der Waals surface area contributed by atoms with Gasteiger partial charge in [0.2, 0.25) is 5.91 Å². The van der Waals surface area contributed by atoms with Gasteiger partial charge in [0.1, 0.15) is 5.82 Å². The maximum Gasteiger partial charge on any atom is 0.226 e. The Morgan fingerprint density at radius 3 is 2.69 bits per heavy atom. The van der Waals surface area contributed by atoms with Crippen molar-refractivity contribution < 1.29 is 13.9 Å². The number of rotatable bonds is 3. The summed E-state index contributed by atoms with van der Waals surface area (Å²) in [7, 11) is 0. The minimum atomic E-state index is -0.182. The van der Waals surface area contributed by atoms with Crippen LogP contribution >= 0.6 is 0 Å². The molecule has 1 aromatic rings. The van der Waals surface area contributed by atoms with Crippen LogP contribution in [0, 0.1) is 11.7 Å². The van der Waals surface area contributed by atoms with E-state index in [-0.39, 0.29) is 17.3 Å². The second-order valence-corrected chi connectivity index (χ2v) is 7.84. The molecule has 2 saturated heterocycles. The highest BCUT2D eigenvalue weighted by Gasteiger charge is 2.41. The lowest BCUT2D eigenvalue weighted by molar-refractivity contribution is -0.153. The summed E-state index contributed by atoms with van der Waals surface area (Å²) in [5.41, 5.74) is 0.847. The zero-order valence-electron chi connectivity index (χ0n) is 15.2. The molecule has 1 aliphatic carbocycles. The van der Waals surface area contributed by atoms with Crippen LogP contribution in [0.15, 0.2) is 36.4 Å². The Balaban J connectivity index is 1.33. The first-order valence-electron chi connectivity index (χ1n) is 9.68. The summed E-state index contributed by atoms with van der Waals surface area (Å²) in [6.07, 6.45) is 7.78. The molecular weight excluding hydrogens is 331 g/mol. The van der Waals surface area contributed by atoms with Crippen LogP contribution in [0.1, 0.15) is 31.2 Å². The minimum Gasteiger partial charge on any atom is -0.372 e. The van der Waals surface area contributed by atoms with Gasteiger partial charge in [0, 0.05) is 38.6 Å². The summed E-state index contributed by atoms with van der Waals surface area (Å²) >= 11 is 0. The fraction of sp³-hybridized carbons (Fsp3) is 0.571. The van der Waals surface area contributed by atoms with Crippen LogP contribution in [-0.4, -0.2) is 54.1 Å². The van der Waals surface area contributed by atoms with Gasteiger partial charge in [-0.15, -0.1) is 0 Å². The summed E-state index contributed by atoms with van der Waals surface area (Å²) in [5, 5.41) is 0. The molecule has 1 amide bonds. The number of hydrogen-bond donors (Lipinski definition) is 0. The number of nitrogens with zero attached hydrogens (tertiary/aromatic N) is 2. The van der Waals surface area contributed by atoms with E-state index in [9.17, 15) is 9.18 Å². The molecular formula is C21H27FN2O2. The summed E-state index contributed by atoms with van der Waals surface area (Å²) in [5.74, 6) is 0.275. The van der Waals surface area contributed by atoms with Crippen molar-refractivity contribution >= 4 is 5.91 Å². The molecule has 4 nitrogen and oxygen atoms in total. The Kier molecular flexibility index (Phi) is 5.09. The van der Waals surface area contributed by atoms with E-state index in [1.54, 1.807) is 12.1 Å². The predicted molar refractivity (Wildman–Crippen MR) is 98.0 cm³/mol. The lowest BCUT2D eigenvalue weighted by atomic mass is 9.88. The molecule has 3 aliphatic rings. The van der Waals surface area contributed by atoms with E-state index in [0.29, 0.717) is 12.5 Å². The maximum absolute atomic E-state index is 13.4. The van der Waals surface area contributed by atoms with Gasteiger partial charge in [0.25, 0.3) is 0 Å². The molecule has 1 aromatic carbocycles. The number of allylic oxidation sites excluding steroid dienone is 2. The molecule has 140 valence electrons. The SMILES string of the molecule is O=C(C1CC=CC1)N1CCC2(CC1)CN(Cc1cccc(F)c1)CCO2. The highest BCUT2D eigenvalue weighted by atomic mass is 19.1. The number of ether oxygens (including phenoxy) is 1. The van der Waals surface area contributed by atoms with Crippen molar-refractivity contribution in [3.05, 3.63) is 47.8 Å². The standard InChI is InChI=1S/C21H27FN2O2/c22-19-7-3-4-17(14-19)15-23-12-13-26-21(16-23)8-10-24(11-9-21)20(25)18-5-1-2-6-18/h1-4,7,14,18H,5-6,8-13,15-16H2. The first-order chi connectivity index (χ1) is 12.6. The van der Waals surface area contributed by atoms with E-state index in [1.807, 2.05) is 11.0 Å². The van der Waals surface area contributed by atoms with Gasteiger partial charge in [0.15, 0.2) is 0 Å². The number of morpholine rings is 1. The van der Waals surface area contributed by atoms with E-state index in [1.165, 1.54) is 6.07 Å². The van der Waals surface area contributed by atoms with E-state index in [4.69, 9.17) is 4.74 Å². The average Bonchev–Trinajstić information content (AvgIpc) is 3.17. The van der Waals surface area contributed by atoms with E-state index in [2.05, 4.69) is 17.1 Å². The monoisotopic (exact) mass is 358 g/mol. The molecule has 2 fully saturated rings. The molecule has 2 heterocycles. The average molecular weight is 358 g/mol. The molecule has 4 rings (SSSR count). The Morgan fingerprint density at radius 1 is 1.19 bits per heavy atom. The van der Waals surface area contributed by atoms with E-state index in [0.717, 1.165) is 64.0 Å². The minimum absolute atomic E-state index is 0.154. The number of hydrogen-bond acceptors (Lipinski definition) is 3. The molecule has 0 atom stereocenters. The van der Waals surface area contributed by atoms with Gasteiger partial charge in [0.05, 0.1) is 12.2 Å². The second kappa shape index (κ2) is 7.49. The van der Waals surface area contributed by atoms with Crippen LogP contribution in [0.4, 0.5) is 4.39 Å². The molecule has 0 bridgehead atoms. The van der Waals surface area contributed by atoms with Crippen molar-refractivity contribution in [2.75, 3.05) is 32.8 Å². The highest BCUT2D eigenvalue weighted by molar-refractivity contribution is 5.79. The van der Waals surface area contributed by atoms with Gasteiger partial charge in [-0.1, -0.05) is 24.3 Å². The lowest BCUT2D eigenvalue weighted by Gasteiger charge is -2.47. The van der Waals surface area contributed by atoms with Gasteiger partial charge < -0.3 is 9.64 Å². The summed E-state index contributed by atoms with van der Waals surface area (Å²) in [6.45, 7) is 4.74. The Morgan fingerprint density at radius 2 is 1.96 bits per heavy atom. The molecule has 5 heteroatoms. The van der Waals surface area contributed by atoms with Crippen LogP contribution in [-0.2, 0) is 16.1 Å². The molecule has 26 heavy (non-hydrogen) atoms. The topological polar surface area (TPSA) is 32.8 Å². The van der Waals surface area contributed by atoms with Crippen LogP contribution in [0.5, 0.6) is 0 Å². The lowest BCUT2D eigenvalue weighted by Crippen LogP contribution is -2.57. The molecule has 0 aromatic heterocycles. The van der Waals surface area contributed by atoms with Crippen molar-refractivity contribution in [3.8, 4) is 0 Å². The molecule has 1 spiro atoms. The smallest absolute Gasteiger partial charge is 0.226 e. The largest absolute Gasteiger partial charge is 0.372 e. The van der Waals surface area contributed by atoms with Crippen LogP contribution in [0.2, 0.25) is 0 Å². The fourth-order valence-corrected chi connectivity index (χ4v) is 4.47. The van der Waals surface area contributed by atoms with Crippen molar-refractivity contribution in [2.24, 2.45) is 5.92 Å². The number of likely N-dealkylation sites (tertiary alicyclic amines) is 1. The summed E-state index contributed by atoms with van der Waals surface area (Å²) < 4.78 is 19.6. The summed E-state index contributed by atoms with van der Waals surface area (Å²) in [6, 6.07) is 6.83. The van der Waals surface area contributed by atoms with Gasteiger partial charge in [-0.2, -0.15) is 0 Å². The van der Waals surface area contributed by atoms with Crippen molar-refractivity contribution in [1.82, 2.24) is 9.80 Å².